The first-order valence-corrected chi connectivity index (χ1v) is 9.39. The normalized spacial score (nSPS) is 15.0. The molecule has 1 saturated heterocycles. The maximum atomic E-state index is 12.6. The van der Waals surface area contributed by atoms with Gasteiger partial charge in [0.05, 0.1) is 20.3 Å². The molecule has 1 aliphatic rings. The monoisotopic (exact) mass is 401 g/mol. The number of carbonyl (C=O) groups excluding carboxylic acids is 1. The third-order valence-electron chi connectivity index (χ3n) is 4.47. The zero-order valence-corrected chi connectivity index (χ0v) is 16.7. The summed E-state index contributed by atoms with van der Waals surface area (Å²) in [6, 6.07) is 14.5. The Bertz CT molecular complexity index is 821. The van der Waals surface area contributed by atoms with Gasteiger partial charge in [-0.05, 0) is 23.8 Å². The second kappa shape index (κ2) is 9.64. The molecule has 2 aromatic carbocycles. The van der Waals surface area contributed by atoms with Gasteiger partial charge >= 0.3 is 5.97 Å². The number of hydrogen-bond donors (Lipinski definition) is 0. The standard InChI is InChI=1S/C21H23NO5S/c1-24-18-14-16(20(28)22-10-12-26-13-11-22)8-9-17(18)27-21(23)19(25-2)15-6-4-3-5-7-15/h3-9,14,19H,10-13H2,1-2H3/t19-/m0/s1. The van der Waals surface area contributed by atoms with Crippen molar-refractivity contribution in [1.29, 1.82) is 0 Å². The minimum Gasteiger partial charge on any atom is -0.493 e. The third kappa shape index (κ3) is 4.67. The molecule has 0 aromatic heterocycles. The Labute approximate surface area is 170 Å². The van der Waals surface area contributed by atoms with E-state index < -0.39 is 12.1 Å². The fraction of sp³-hybridized carbons (Fsp3) is 0.333. The van der Waals surface area contributed by atoms with E-state index in [4.69, 9.17) is 31.2 Å². The van der Waals surface area contributed by atoms with Crippen LogP contribution in [0.25, 0.3) is 0 Å². The molecular weight excluding hydrogens is 378 g/mol. The Kier molecular flexibility index (Phi) is 6.97. The minimum atomic E-state index is -0.819. The molecular formula is C21H23NO5S. The Hall–Kier alpha value is -2.48. The Morgan fingerprint density at radius 2 is 1.79 bits per heavy atom. The largest absolute Gasteiger partial charge is 0.493 e. The second-order valence-electron chi connectivity index (χ2n) is 6.22. The maximum absolute atomic E-state index is 12.6. The second-order valence-corrected chi connectivity index (χ2v) is 6.60. The summed E-state index contributed by atoms with van der Waals surface area (Å²) in [6.07, 6.45) is -0.819. The number of morpholine rings is 1. The molecule has 0 aliphatic carbocycles. The number of thiocarbonyl (C=S) groups is 1. The van der Waals surface area contributed by atoms with Crippen molar-refractivity contribution < 1.29 is 23.7 Å². The van der Waals surface area contributed by atoms with E-state index in [-0.39, 0.29) is 0 Å². The van der Waals surface area contributed by atoms with E-state index in [1.807, 2.05) is 36.4 Å². The van der Waals surface area contributed by atoms with Crippen molar-refractivity contribution in [2.75, 3.05) is 40.5 Å². The molecule has 148 valence electrons. The first-order valence-electron chi connectivity index (χ1n) is 8.98. The first kappa shape index (κ1) is 20.3. The number of benzene rings is 2. The molecule has 1 heterocycles. The average molecular weight is 401 g/mol. The van der Waals surface area contributed by atoms with E-state index in [0.29, 0.717) is 24.7 Å². The van der Waals surface area contributed by atoms with E-state index in [0.717, 1.165) is 29.2 Å². The van der Waals surface area contributed by atoms with E-state index >= 15 is 0 Å². The third-order valence-corrected chi connectivity index (χ3v) is 4.97. The minimum absolute atomic E-state index is 0.319. The van der Waals surface area contributed by atoms with Crippen molar-refractivity contribution in [3.63, 3.8) is 0 Å². The molecule has 0 radical (unpaired) electrons. The van der Waals surface area contributed by atoms with Crippen LogP contribution in [0.3, 0.4) is 0 Å². The van der Waals surface area contributed by atoms with Gasteiger partial charge in [-0.25, -0.2) is 4.79 Å². The quantitative estimate of drug-likeness (QED) is 0.419. The molecule has 0 bridgehead atoms. The van der Waals surface area contributed by atoms with Gasteiger partial charge in [0, 0.05) is 25.8 Å². The van der Waals surface area contributed by atoms with Gasteiger partial charge in [-0.3, -0.25) is 0 Å². The molecule has 1 atom stereocenters. The summed E-state index contributed by atoms with van der Waals surface area (Å²) in [6.45, 7) is 2.82. The van der Waals surface area contributed by atoms with Gasteiger partial charge in [0.15, 0.2) is 17.6 Å². The number of carbonyl (C=O) groups is 1. The van der Waals surface area contributed by atoms with E-state index in [2.05, 4.69) is 4.90 Å². The molecule has 1 fully saturated rings. The van der Waals surface area contributed by atoms with E-state index in [1.165, 1.54) is 14.2 Å². The van der Waals surface area contributed by atoms with Crippen LogP contribution in [-0.2, 0) is 14.3 Å². The SMILES string of the molecule is COc1cc(C(=S)N2CCOCC2)ccc1OC(=O)[C@@H](OC)c1ccccc1. The Balaban J connectivity index is 1.76. The first-order chi connectivity index (χ1) is 13.6. The lowest BCUT2D eigenvalue weighted by atomic mass is 10.1. The fourth-order valence-electron chi connectivity index (χ4n) is 2.99. The van der Waals surface area contributed by atoms with Gasteiger partial charge in [0.25, 0.3) is 0 Å². The number of rotatable bonds is 6. The lowest BCUT2D eigenvalue weighted by molar-refractivity contribution is -0.146. The summed E-state index contributed by atoms with van der Waals surface area (Å²) in [5.74, 6) is 0.235. The van der Waals surface area contributed by atoms with Crippen LogP contribution in [0.1, 0.15) is 17.2 Å². The average Bonchev–Trinajstić information content (AvgIpc) is 2.75. The molecule has 6 nitrogen and oxygen atoms in total. The van der Waals surface area contributed by atoms with E-state index in [1.54, 1.807) is 12.1 Å². The van der Waals surface area contributed by atoms with Gasteiger partial charge in [-0.2, -0.15) is 0 Å². The zero-order valence-electron chi connectivity index (χ0n) is 15.9. The molecule has 0 N–H and O–H groups in total. The van der Waals surface area contributed by atoms with Gasteiger partial charge in [-0.15, -0.1) is 0 Å². The van der Waals surface area contributed by atoms with Gasteiger partial charge < -0.3 is 23.8 Å². The van der Waals surface area contributed by atoms with Crippen molar-refractivity contribution in [3.05, 3.63) is 59.7 Å². The number of ether oxygens (including phenoxy) is 4. The van der Waals surface area contributed by atoms with Crippen LogP contribution < -0.4 is 9.47 Å². The van der Waals surface area contributed by atoms with Crippen molar-refractivity contribution in [1.82, 2.24) is 4.90 Å². The summed E-state index contributed by atoms with van der Waals surface area (Å²) in [7, 11) is 3.00. The molecule has 0 unspecified atom stereocenters. The van der Waals surface area contributed by atoms with Crippen LogP contribution in [0, 0.1) is 0 Å². The molecule has 0 saturated carbocycles. The smallest absolute Gasteiger partial charge is 0.345 e. The van der Waals surface area contributed by atoms with Crippen LogP contribution in [0.15, 0.2) is 48.5 Å². The van der Waals surface area contributed by atoms with Crippen LogP contribution in [0.5, 0.6) is 11.5 Å². The fourth-order valence-corrected chi connectivity index (χ4v) is 3.30. The number of methoxy groups -OCH3 is 2. The lowest BCUT2D eigenvalue weighted by Gasteiger charge is -2.29. The molecule has 3 rings (SSSR count). The predicted molar refractivity (Wildman–Crippen MR) is 109 cm³/mol. The van der Waals surface area contributed by atoms with E-state index in [9.17, 15) is 4.79 Å². The van der Waals surface area contributed by atoms with Crippen LogP contribution in [0.2, 0.25) is 0 Å². The highest BCUT2D eigenvalue weighted by Gasteiger charge is 2.24. The topological polar surface area (TPSA) is 57.2 Å². The summed E-state index contributed by atoms with van der Waals surface area (Å²) in [5.41, 5.74) is 1.55. The van der Waals surface area contributed by atoms with Gasteiger partial charge in [-0.1, -0.05) is 42.5 Å². The van der Waals surface area contributed by atoms with Crippen LogP contribution in [-0.4, -0.2) is 56.4 Å². The van der Waals surface area contributed by atoms with Crippen molar-refractivity contribution in [2.24, 2.45) is 0 Å². The molecule has 1 aliphatic heterocycles. The lowest BCUT2D eigenvalue weighted by Crippen LogP contribution is -2.40. The summed E-state index contributed by atoms with van der Waals surface area (Å²) in [4.78, 5) is 15.4. The van der Waals surface area contributed by atoms with Crippen molar-refractivity contribution in [2.45, 2.75) is 6.10 Å². The van der Waals surface area contributed by atoms with Crippen LogP contribution >= 0.6 is 12.2 Å². The van der Waals surface area contributed by atoms with Gasteiger partial charge in [0.1, 0.15) is 4.99 Å². The zero-order chi connectivity index (χ0) is 19.9. The maximum Gasteiger partial charge on any atom is 0.345 e. The number of esters is 1. The highest BCUT2D eigenvalue weighted by Crippen LogP contribution is 2.31. The molecule has 7 heteroatoms. The Morgan fingerprint density at radius 1 is 1.07 bits per heavy atom. The molecule has 2 aromatic rings. The predicted octanol–water partition coefficient (Wildman–Crippen LogP) is 3.00. The van der Waals surface area contributed by atoms with Gasteiger partial charge in [0.2, 0.25) is 0 Å². The molecule has 28 heavy (non-hydrogen) atoms. The summed E-state index contributed by atoms with van der Waals surface area (Å²) >= 11 is 5.59. The number of nitrogens with zero attached hydrogens (tertiary/aromatic N) is 1. The van der Waals surface area contributed by atoms with Crippen molar-refractivity contribution in [3.8, 4) is 11.5 Å². The highest BCUT2D eigenvalue weighted by atomic mass is 32.1. The number of hydrogen-bond acceptors (Lipinski definition) is 6. The Morgan fingerprint density at radius 3 is 2.43 bits per heavy atom. The van der Waals surface area contributed by atoms with Crippen molar-refractivity contribution >= 4 is 23.2 Å². The van der Waals surface area contributed by atoms with Crippen LogP contribution in [0.4, 0.5) is 0 Å². The highest BCUT2D eigenvalue weighted by molar-refractivity contribution is 7.80. The molecule has 0 spiro atoms. The summed E-state index contributed by atoms with van der Waals surface area (Å²) in [5, 5.41) is 0. The molecule has 0 amide bonds. The summed E-state index contributed by atoms with van der Waals surface area (Å²) < 4.78 is 21.7.